The Morgan fingerprint density at radius 3 is 2.77 bits per heavy atom. The van der Waals surface area contributed by atoms with Crippen LogP contribution in [0.3, 0.4) is 0 Å². The van der Waals surface area contributed by atoms with Crippen LogP contribution in [0.15, 0.2) is 18.5 Å². The van der Waals surface area contributed by atoms with Crippen molar-refractivity contribution in [2.45, 2.75) is 19.3 Å². The number of alkyl halides is 2. The lowest BCUT2D eigenvalue weighted by Gasteiger charge is -2.17. The molecule has 0 saturated heterocycles. The maximum absolute atomic E-state index is 13.3. The van der Waals surface area contributed by atoms with Gasteiger partial charge in [0.25, 0.3) is 5.92 Å². The van der Waals surface area contributed by atoms with Gasteiger partial charge in [-0.15, -0.1) is 0 Å². The monoisotopic (exact) mass is 186 g/mol. The Hall–Kier alpha value is -1.03. The molecule has 0 atom stereocenters. The Kier molecular flexibility index (Phi) is 2.93. The van der Waals surface area contributed by atoms with E-state index < -0.39 is 5.92 Å². The molecule has 0 radical (unpaired) electrons. The van der Waals surface area contributed by atoms with Gasteiger partial charge < -0.3 is 5.73 Å². The zero-order valence-electron chi connectivity index (χ0n) is 7.43. The zero-order valence-corrected chi connectivity index (χ0v) is 7.43. The van der Waals surface area contributed by atoms with Crippen LogP contribution in [0, 0.1) is 6.92 Å². The first-order valence-electron chi connectivity index (χ1n) is 4.07. The Labute approximate surface area is 75.8 Å². The Morgan fingerprint density at radius 2 is 2.23 bits per heavy atom. The molecule has 1 heterocycles. The van der Waals surface area contributed by atoms with Crippen LogP contribution in [-0.2, 0) is 5.92 Å². The number of halogens is 2. The highest BCUT2D eigenvalue weighted by Gasteiger charge is 2.31. The third-order valence-corrected chi connectivity index (χ3v) is 1.87. The fourth-order valence-electron chi connectivity index (χ4n) is 1.20. The van der Waals surface area contributed by atoms with Gasteiger partial charge in [-0.05, 0) is 25.1 Å². The van der Waals surface area contributed by atoms with E-state index in [1.165, 1.54) is 18.5 Å². The summed E-state index contributed by atoms with van der Waals surface area (Å²) >= 11 is 0. The van der Waals surface area contributed by atoms with E-state index in [2.05, 4.69) is 4.98 Å². The lowest BCUT2D eigenvalue weighted by atomic mass is 10.0. The third kappa shape index (κ3) is 2.21. The van der Waals surface area contributed by atoms with Crippen molar-refractivity contribution in [1.82, 2.24) is 4.98 Å². The molecule has 0 aliphatic rings. The molecule has 0 amide bonds. The minimum Gasteiger partial charge on any atom is -0.330 e. The summed E-state index contributed by atoms with van der Waals surface area (Å²) in [4.78, 5) is 3.75. The second-order valence-electron chi connectivity index (χ2n) is 2.93. The van der Waals surface area contributed by atoms with Gasteiger partial charge >= 0.3 is 0 Å². The summed E-state index contributed by atoms with van der Waals surface area (Å²) in [5.41, 5.74) is 5.63. The van der Waals surface area contributed by atoms with Crippen LogP contribution in [0.5, 0.6) is 0 Å². The smallest absolute Gasteiger partial charge is 0.274 e. The highest BCUT2D eigenvalue weighted by molar-refractivity contribution is 5.26. The maximum Gasteiger partial charge on any atom is 0.274 e. The van der Waals surface area contributed by atoms with Crippen LogP contribution in [0.4, 0.5) is 8.78 Å². The molecule has 1 rings (SSSR count). The molecule has 4 heteroatoms. The van der Waals surface area contributed by atoms with Gasteiger partial charge in [0.2, 0.25) is 0 Å². The molecule has 72 valence electrons. The van der Waals surface area contributed by atoms with Gasteiger partial charge in [0, 0.05) is 24.4 Å². The quantitative estimate of drug-likeness (QED) is 0.782. The topological polar surface area (TPSA) is 38.9 Å². The number of aryl methyl sites for hydroxylation is 1. The molecule has 0 aliphatic carbocycles. The van der Waals surface area contributed by atoms with E-state index >= 15 is 0 Å². The Morgan fingerprint density at radius 1 is 1.54 bits per heavy atom. The van der Waals surface area contributed by atoms with Crippen LogP contribution in [-0.4, -0.2) is 11.5 Å². The molecule has 0 fully saturated rings. The molecule has 0 saturated carbocycles. The number of nitrogens with two attached hydrogens (primary N) is 1. The summed E-state index contributed by atoms with van der Waals surface area (Å²) in [7, 11) is 0. The second-order valence-corrected chi connectivity index (χ2v) is 2.93. The highest BCUT2D eigenvalue weighted by atomic mass is 19.3. The van der Waals surface area contributed by atoms with Crippen LogP contribution in [0.2, 0.25) is 0 Å². The van der Waals surface area contributed by atoms with Crippen molar-refractivity contribution >= 4 is 0 Å². The summed E-state index contributed by atoms with van der Waals surface area (Å²) in [6, 6.07) is 1.34. The fraction of sp³-hybridized carbons (Fsp3) is 0.444. The van der Waals surface area contributed by atoms with Crippen LogP contribution < -0.4 is 5.73 Å². The predicted octanol–water partition coefficient (Wildman–Crippen LogP) is 1.83. The van der Waals surface area contributed by atoms with Gasteiger partial charge in [0.15, 0.2) is 0 Å². The number of hydrogen-bond donors (Lipinski definition) is 1. The first-order chi connectivity index (χ1) is 6.08. The molecule has 13 heavy (non-hydrogen) atoms. The van der Waals surface area contributed by atoms with E-state index in [4.69, 9.17) is 5.73 Å². The Bertz CT molecular complexity index is 287. The van der Waals surface area contributed by atoms with Crippen LogP contribution in [0.1, 0.15) is 17.5 Å². The summed E-state index contributed by atoms with van der Waals surface area (Å²) < 4.78 is 26.6. The van der Waals surface area contributed by atoms with Crippen molar-refractivity contribution in [3.63, 3.8) is 0 Å². The van der Waals surface area contributed by atoms with Crippen LogP contribution in [0.25, 0.3) is 0 Å². The lowest BCUT2D eigenvalue weighted by molar-refractivity contribution is -0.0114. The number of pyridine rings is 1. The van der Waals surface area contributed by atoms with Crippen molar-refractivity contribution in [2.75, 3.05) is 6.54 Å². The first kappa shape index (κ1) is 10.1. The molecule has 0 bridgehead atoms. The summed E-state index contributed by atoms with van der Waals surface area (Å²) in [5, 5.41) is 0. The van der Waals surface area contributed by atoms with Gasteiger partial charge in [-0.3, -0.25) is 4.98 Å². The molecular weight excluding hydrogens is 174 g/mol. The van der Waals surface area contributed by atoms with Gasteiger partial charge in [0.05, 0.1) is 0 Å². The number of nitrogens with zero attached hydrogens (tertiary/aromatic N) is 1. The van der Waals surface area contributed by atoms with Gasteiger partial charge in [-0.2, -0.15) is 0 Å². The lowest BCUT2D eigenvalue weighted by Crippen LogP contribution is -2.19. The maximum atomic E-state index is 13.3. The summed E-state index contributed by atoms with van der Waals surface area (Å²) in [6.07, 6.45) is 2.48. The van der Waals surface area contributed by atoms with E-state index in [9.17, 15) is 8.78 Å². The molecule has 0 unspecified atom stereocenters. The largest absolute Gasteiger partial charge is 0.330 e. The van der Waals surface area contributed by atoms with Crippen molar-refractivity contribution in [3.8, 4) is 0 Å². The number of rotatable bonds is 3. The minimum absolute atomic E-state index is 0.0191. The molecule has 0 aromatic carbocycles. The molecule has 2 nitrogen and oxygen atoms in total. The molecule has 1 aromatic heterocycles. The van der Waals surface area contributed by atoms with E-state index in [-0.39, 0.29) is 18.5 Å². The first-order valence-corrected chi connectivity index (χ1v) is 4.07. The summed E-state index contributed by atoms with van der Waals surface area (Å²) in [5.74, 6) is -2.83. The van der Waals surface area contributed by atoms with E-state index in [0.29, 0.717) is 5.56 Å². The van der Waals surface area contributed by atoms with Gasteiger partial charge in [-0.1, -0.05) is 0 Å². The van der Waals surface area contributed by atoms with E-state index in [1.807, 2.05) is 0 Å². The Balaban J connectivity index is 2.99. The number of aromatic nitrogens is 1. The van der Waals surface area contributed by atoms with Crippen molar-refractivity contribution in [2.24, 2.45) is 5.73 Å². The molecule has 0 aliphatic heterocycles. The SMILES string of the molecule is Cc1cnccc1C(F)(F)CCN. The molecule has 2 N–H and O–H groups in total. The van der Waals surface area contributed by atoms with E-state index in [1.54, 1.807) is 6.92 Å². The minimum atomic E-state index is -2.83. The molecule has 0 spiro atoms. The van der Waals surface area contributed by atoms with Gasteiger partial charge in [0.1, 0.15) is 0 Å². The van der Waals surface area contributed by atoms with E-state index in [0.717, 1.165) is 0 Å². The molecular formula is C9H12F2N2. The average molecular weight is 186 g/mol. The summed E-state index contributed by atoms with van der Waals surface area (Å²) in [6.45, 7) is 1.60. The van der Waals surface area contributed by atoms with Gasteiger partial charge in [-0.25, -0.2) is 8.78 Å². The van der Waals surface area contributed by atoms with Crippen molar-refractivity contribution < 1.29 is 8.78 Å². The average Bonchev–Trinajstić information content (AvgIpc) is 2.04. The predicted molar refractivity (Wildman–Crippen MR) is 46.5 cm³/mol. The van der Waals surface area contributed by atoms with Crippen molar-refractivity contribution in [3.05, 3.63) is 29.6 Å². The molecule has 1 aromatic rings. The standard InChI is InChI=1S/C9H12F2N2/c1-7-6-13-5-2-8(7)9(10,11)3-4-12/h2,5-6H,3-4,12H2,1H3. The van der Waals surface area contributed by atoms with Crippen LogP contribution >= 0.6 is 0 Å². The van der Waals surface area contributed by atoms with Crippen molar-refractivity contribution in [1.29, 1.82) is 0 Å². The zero-order chi connectivity index (χ0) is 9.90. The second kappa shape index (κ2) is 3.79. The number of hydrogen-bond acceptors (Lipinski definition) is 2. The normalized spacial score (nSPS) is 11.7. The fourth-order valence-corrected chi connectivity index (χ4v) is 1.20. The third-order valence-electron chi connectivity index (χ3n) is 1.87. The highest BCUT2D eigenvalue weighted by Crippen LogP contribution is 2.32.